The first-order chi connectivity index (χ1) is 16.3. The highest BCUT2D eigenvalue weighted by atomic mass is 35.5. The summed E-state index contributed by atoms with van der Waals surface area (Å²) >= 11 is 6.18. The first kappa shape index (κ1) is 23.3. The van der Waals surface area contributed by atoms with Gasteiger partial charge in [-0.15, -0.1) is 0 Å². The number of hydrogen-bond donors (Lipinski definition) is 1. The highest BCUT2D eigenvalue weighted by Crippen LogP contribution is 2.44. The molecule has 1 unspecified atom stereocenters. The molecule has 1 atom stereocenters. The van der Waals surface area contributed by atoms with E-state index in [9.17, 15) is 19.1 Å². The number of carbonyl (C=O) groups excluding carboxylic acids is 2. The molecule has 0 aliphatic carbocycles. The topological polar surface area (TPSA) is 76.1 Å². The van der Waals surface area contributed by atoms with Gasteiger partial charge >= 0.3 is 0 Å². The number of carbonyl (C=O) groups is 2. The minimum absolute atomic E-state index is 0.123. The predicted molar refractivity (Wildman–Crippen MR) is 127 cm³/mol. The highest BCUT2D eigenvalue weighted by molar-refractivity contribution is 6.51. The van der Waals surface area contributed by atoms with Gasteiger partial charge in [-0.1, -0.05) is 41.4 Å². The molecule has 0 saturated carbocycles. The second kappa shape index (κ2) is 9.19. The van der Waals surface area contributed by atoms with Crippen LogP contribution in [0.25, 0.3) is 5.76 Å². The number of methoxy groups -OCH3 is 2. The number of hydrogen-bond acceptors (Lipinski definition) is 5. The Hall–Kier alpha value is -3.84. The van der Waals surface area contributed by atoms with Gasteiger partial charge in [0.15, 0.2) is 0 Å². The second-order valence-corrected chi connectivity index (χ2v) is 8.15. The molecule has 0 radical (unpaired) electrons. The van der Waals surface area contributed by atoms with Crippen LogP contribution in [0.4, 0.5) is 10.1 Å². The fourth-order valence-corrected chi connectivity index (χ4v) is 4.19. The van der Waals surface area contributed by atoms with Crippen molar-refractivity contribution in [1.82, 2.24) is 0 Å². The summed E-state index contributed by atoms with van der Waals surface area (Å²) in [5, 5.41) is 11.6. The Balaban J connectivity index is 1.99. The molecular weight excluding hydrogens is 461 g/mol. The summed E-state index contributed by atoms with van der Waals surface area (Å²) in [4.78, 5) is 27.8. The van der Waals surface area contributed by atoms with Gasteiger partial charge in [-0.2, -0.15) is 0 Å². The van der Waals surface area contributed by atoms with Crippen molar-refractivity contribution < 1.29 is 28.6 Å². The Morgan fingerprint density at radius 2 is 1.59 bits per heavy atom. The summed E-state index contributed by atoms with van der Waals surface area (Å²) in [7, 11) is 2.80. The van der Waals surface area contributed by atoms with Crippen LogP contribution in [0.5, 0.6) is 11.5 Å². The second-order valence-electron chi connectivity index (χ2n) is 7.74. The summed E-state index contributed by atoms with van der Waals surface area (Å²) in [6.45, 7) is 1.90. The van der Waals surface area contributed by atoms with Crippen LogP contribution in [0.15, 0.2) is 66.2 Å². The maximum Gasteiger partial charge on any atom is 0.300 e. The van der Waals surface area contributed by atoms with Gasteiger partial charge in [-0.25, -0.2) is 4.39 Å². The van der Waals surface area contributed by atoms with Gasteiger partial charge in [0.05, 0.1) is 36.4 Å². The first-order valence-corrected chi connectivity index (χ1v) is 10.7. The van der Waals surface area contributed by atoms with Gasteiger partial charge in [-0.3, -0.25) is 14.5 Å². The Kier molecular flexibility index (Phi) is 6.30. The molecule has 0 spiro atoms. The van der Waals surface area contributed by atoms with Crippen LogP contribution in [0, 0.1) is 12.7 Å². The number of halogens is 2. The maximum atomic E-state index is 13.7. The zero-order valence-corrected chi connectivity index (χ0v) is 19.4. The van der Waals surface area contributed by atoms with Crippen LogP contribution >= 0.6 is 11.6 Å². The molecule has 0 aromatic heterocycles. The number of rotatable bonds is 5. The molecule has 1 heterocycles. The molecule has 1 N–H and O–H groups in total. The van der Waals surface area contributed by atoms with Crippen molar-refractivity contribution in [2.24, 2.45) is 0 Å². The van der Waals surface area contributed by atoms with Gasteiger partial charge in [-0.05, 0) is 42.8 Å². The molecule has 3 aromatic carbocycles. The third-order valence-corrected chi connectivity index (χ3v) is 5.97. The number of amides is 1. The number of aliphatic hydroxyl groups is 1. The molecule has 3 aromatic rings. The van der Waals surface area contributed by atoms with E-state index in [1.165, 1.54) is 55.5 Å². The fourth-order valence-electron chi connectivity index (χ4n) is 3.96. The molecule has 1 saturated heterocycles. The summed E-state index contributed by atoms with van der Waals surface area (Å²) in [5.74, 6) is -2.21. The molecule has 34 heavy (non-hydrogen) atoms. The molecule has 174 valence electrons. The number of aryl methyl sites for hydroxylation is 1. The third kappa shape index (κ3) is 3.99. The summed E-state index contributed by atoms with van der Waals surface area (Å²) in [6.07, 6.45) is 0. The standard InChI is InChI=1S/C26H21ClFNO5/c1-14-4-10-17(11-5-14)29-23(15-6-8-16(28)9-7-15)22(25(31)26(29)32)24(30)18-12-21(34-3)19(27)13-20(18)33-2/h4-13,23,30H,1-3H3/b24-22+. The number of ketones is 1. The largest absolute Gasteiger partial charge is 0.507 e. The Morgan fingerprint density at radius 1 is 0.971 bits per heavy atom. The van der Waals surface area contributed by atoms with Gasteiger partial charge in [0.2, 0.25) is 0 Å². The SMILES string of the molecule is COc1cc(/C(O)=C2\C(=O)C(=O)N(c3ccc(C)cc3)C2c2ccc(F)cc2)c(OC)cc1Cl. The summed E-state index contributed by atoms with van der Waals surface area (Å²) < 4.78 is 24.3. The predicted octanol–water partition coefficient (Wildman–Crippen LogP) is 5.43. The Morgan fingerprint density at radius 3 is 2.18 bits per heavy atom. The first-order valence-electron chi connectivity index (χ1n) is 10.3. The molecule has 1 aliphatic heterocycles. The van der Waals surface area contributed by atoms with E-state index < -0.39 is 29.3 Å². The molecule has 0 bridgehead atoms. The van der Waals surface area contributed by atoms with Crippen LogP contribution < -0.4 is 14.4 Å². The van der Waals surface area contributed by atoms with E-state index in [-0.39, 0.29) is 27.7 Å². The molecule has 1 aliphatic rings. The van der Waals surface area contributed by atoms with Crippen molar-refractivity contribution in [2.75, 3.05) is 19.1 Å². The van der Waals surface area contributed by atoms with E-state index in [4.69, 9.17) is 21.1 Å². The van der Waals surface area contributed by atoms with Crippen LogP contribution in [0.1, 0.15) is 22.7 Å². The van der Waals surface area contributed by atoms with Crippen molar-refractivity contribution in [1.29, 1.82) is 0 Å². The average molecular weight is 482 g/mol. The van der Waals surface area contributed by atoms with Crippen LogP contribution in [-0.4, -0.2) is 31.0 Å². The molecule has 6 nitrogen and oxygen atoms in total. The van der Waals surface area contributed by atoms with Crippen LogP contribution in [-0.2, 0) is 9.59 Å². The van der Waals surface area contributed by atoms with Crippen molar-refractivity contribution in [3.63, 3.8) is 0 Å². The van der Waals surface area contributed by atoms with E-state index in [1.54, 1.807) is 12.1 Å². The van der Waals surface area contributed by atoms with E-state index >= 15 is 0 Å². The number of ether oxygens (including phenoxy) is 2. The average Bonchev–Trinajstić information content (AvgIpc) is 3.10. The lowest BCUT2D eigenvalue weighted by Gasteiger charge is -2.25. The van der Waals surface area contributed by atoms with E-state index in [0.29, 0.717) is 11.3 Å². The number of anilines is 1. The minimum atomic E-state index is -1.00. The lowest BCUT2D eigenvalue weighted by molar-refractivity contribution is -0.132. The normalized spacial score (nSPS) is 17.2. The number of benzene rings is 3. The molecular formula is C26H21ClFNO5. The number of Topliss-reactive ketones (excluding diaryl/α,β-unsaturated/α-hetero) is 1. The van der Waals surface area contributed by atoms with Gasteiger partial charge in [0.25, 0.3) is 11.7 Å². The molecule has 8 heteroatoms. The summed E-state index contributed by atoms with van der Waals surface area (Å²) in [6, 6.07) is 14.3. The van der Waals surface area contributed by atoms with Gasteiger partial charge < -0.3 is 14.6 Å². The maximum absolute atomic E-state index is 13.7. The van der Waals surface area contributed by atoms with E-state index in [2.05, 4.69) is 0 Å². The monoisotopic (exact) mass is 481 g/mol. The Labute approximate surface area is 200 Å². The molecule has 1 amide bonds. The zero-order chi connectivity index (χ0) is 24.6. The van der Waals surface area contributed by atoms with Crippen molar-refractivity contribution in [3.8, 4) is 11.5 Å². The van der Waals surface area contributed by atoms with Crippen LogP contribution in [0.2, 0.25) is 5.02 Å². The third-order valence-electron chi connectivity index (χ3n) is 5.67. The fraction of sp³-hybridized carbons (Fsp3) is 0.154. The lowest BCUT2D eigenvalue weighted by Crippen LogP contribution is -2.29. The van der Waals surface area contributed by atoms with Gasteiger partial charge in [0.1, 0.15) is 23.1 Å². The van der Waals surface area contributed by atoms with E-state index in [1.807, 2.05) is 19.1 Å². The Bertz CT molecular complexity index is 1300. The summed E-state index contributed by atoms with van der Waals surface area (Å²) in [5.41, 5.74) is 1.83. The molecule has 4 rings (SSSR count). The highest BCUT2D eigenvalue weighted by Gasteiger charge is 2.47. The van der Waals surface area contributed by atoms with Crippen molar-refractivity contribution in [2.45, 2.75) is 13.0 Å². The van der Waals surface area contributed by atoms with Crippen LogP contribution in [0.3, 0.4) is 0 Å². The van der Waals surface area contributed by atoms with Gasteiger partial charge in [0, 0.05) is 11.8 Å². The number of nitrogens with zero attached hydrogens (tertiary/aromatic N) is 1. The quantitative estimate of drug-likeness (QED) is 0.299. The van der Waals surface area contributed by atoms with Crippen molar-refractivity contribution >= 4 is 34.7 Å². The zero-order valence-electron chi connectivity index (χ0n) is 18.6. The van der Waals surface area contributed by atoms with E-state index in [0.717, 1.165) is 5.56 Å². The van der Waals surface area contributed by atoms with Crippen molar-refractivity contribution in [3.05, 3.63) is 93.8 Å². The number of aliphatic hydroxyl groups excluding tert-OH is 1. The molecule has 1 fully saturated rings. The minimum Gasteiger partial charge on any atom is -0.507 e. The smallest absolute Gasteiger partial charge is 0.300 e. The lowest BCUT2D eigenvalue weighted by atomic mass is 9.94.